The van der Waals surface area contributed by atoms with Gasteiger partial charge in [0.25, 0.3) is 0 Å². The third-order valence-electron chi connectivity index (χ3n) is 3.25. The molecule has 116 valence electrons. The quantitative estimate of drug-likeness (QED) is 0.406. The summed E-state index contributed by atoms with van der Waals surface area (Å²) in [5, 5.41) is 8.42. The molecule has 2 rings (SSSR count). The average Bonchev–Trinajstić information content (AvgIpc) is 2.79. The Morgan fingerprint density at radius 1 is 1.36 bits per heavy atom. The smallest absolute Gasteiger partial charge is 0.359 e. The number of amidine groups is 1. The third-order valence-corrected chi connectivity index (χ3v) is 3.80. The molecule has 1 unspecified atom stereocenters. The van der Waals surface area contributed by atoms with Crippen LogP contribution in [0.25, 0.3) is 0 Å². The molecule has 7 heteroatoms. The highest BCUT2D eigenvalue weighted by Gasteiger charge is 2.22. The Morgan fingerprint density at radius 2 is 2.00 bits per heavy atom. The number of hydrogen-bond donors (Lipinski definition) is 1. The SMILES string of the molecule is Cc1nn(C(C)C(=O)O/N=C(\N)c2ccccc2)c(C)c1Cl. The molecule has 1 atom stereocenters. The van der Waals surface area contributed by atoms with Crippen molar-refractivity contribution in [3.63, 3.8) is 0 Å². The second-order valence-electron chi connectivity index (χ2n) is 4.86. The first-order valence-electron chi connectivity index (χ1n) is 6.72. The number of rotatable bonds is 4. The van der Waals surface area contributed by atoms with Gasteiger partial charge in [-0.15, -0.1) is 0 Å². The summed E-state index contributed by atoms with van der Waals surface area (Å²) >= 11 is 6.07. The van der Waals surface area contributed by atoms with Gasteiger partial charge in [0.2, 0.25) is 0 Å². The maximum atomic E-state index is 12.1. The Kier molecular flexibility index (Phi) is 4.82. The van der Waals surface area contributed by atoms with E-state index in [2.05, 4.69) is 10.3 Å². The van der Waals surface area contributed by atoms with Crippen LogP contribution in [0.3, 0.4) is 0 Å². The fourth-order valence-electron chi connectivity index (χ4n) is 1.95. The van der Waals surface area contributed by atoms with Crippen molar-refractivity contribution >= 4 is 23.4 Å². The van der Waals surface area contributed by atoms with Crippen molar-refractivity contribution in [2.75, 3.05) is 0 Å². The van der Waals surface area contributed by atoms with Gasteiger partial charge in [0, 0.05) is 5.56 Å². The van der Waals surface area contributed by atoms with Crippen molar-refractivity contribution in [1.29, 1.82) is 0 Å². The summed E-state index contributed by atoms with van der Waals surface area (Å²) in [7, 11) is 0. The minimum Gasteiger partial charge on any atom is -0.380 e. The molecule has 6 nitrogen and oxygen atoms in total. The van der Waals surface area contributed by atoms with E-state index in [4.69, 9.17) is 22.2 Å². The topological polar surface area (TPSA) is 82.5 Å². The van der Waals surface area contributed by atoms with E-state index >= 15 is 0 Å². The molecule has 1 heterocycles. The van der Waals surface area contributed by atoms with E-state index in [9.17, 15) is 4.79 Å². The average molecular weight is 321 g/mol. The first kappa shape index (κ1) is 16.0. The Morgan fingerprint density at radius 3 is 2.55 bits per heavy atom. The summed E-state index contributed by atoms with van der Waals surface area (Å²) in [5.41, 5.74) is 7.80. The Balaban J connectivity index is 2.10. The lowest BCUT2D eigenvalue weighted by Gasteiger charge is -2.11. The van der Waals surface area contributed by atoms with E-state index in [0.29, 0.717) is 22.0 Å². The lowest BCUT2D eigenvalue weighted by atomic mass is 10.2. The molecular weight excluding hydrogens is 304 g/mol. The van der Waals surface area contributed by atoms with Crippen LogP contribution in [0.1, 0.15) is 29.9 Å². The van der Waals surface area contributed by atoms with Crippen molar-refractivity contribution in [1.82, 2.24) is 9.78 Å². The highest BCUT2D eigenvalue weighted by atomic mass is 35.5. The van der Waals surface area contributed by atoms with Gasteiger partial charge in [-0.3, -0.25) is 4.68 Å². The van der Waals surface area contributed by atoms with Gasteiger partial charge < -0.3 is 10.6 Å². The number of nitrogens with zero attached hydrogens (tertiary/aromatic N) is 3. The molecule has 0 radical (unpaired) electrons. The zero-order valence-electron chi connectivity index (χ0n) is 12.6. The zero-order chi connectivity index (χ0) is 16.3. The molecular formula is C15H17ClN4O2. The predicted octanol–water partition coefficient (Wildman–Crippen LogP) is 2.58. The van der Waals surface area contributed by atoms with Crippen LogP contribution in [0.4, 0.5) is 0 Å². The van der Waals surface area contributed by atoms with Crippen LogP contribution in [-0.2, 0) is 9.63 Å². The molecule has 2 aromatic rings. The minimum atomic E-state index is -0.654. The van der Waals surface area contributed by atoms with Gasteiger partial charge in [-0.05, 0) is 20.8 Å². The fraction of sp³-hybridized carbons (Fsp3) is 0.267. The van der Waals surface area contributed by atoms with Crippen molar-refractivity contribution in [3.8, 4) is 0 Å². The predicted molar refractivity (Wildman–Crippen MR) is 84.7 cm³/mol. The number of nitrogens with two attached hydrogens (primary N) is 1. The lowest BCUT2D eigenvalue weighted by molar-refractivity contribution is -0.147. The highest BCUT2D eigenvalue weighted by Crippen LogP contribution is 2.22. The van der Waals surface area contributed by atoms with E-state index in [0.717, 1.165) is 0 Å². The monoisotopic (exact) mass is 320 g/mol. The maximum Gasteiger partial charge on any atom is 0.359 e. The second-order valence-corrected chi connectivity index (χ2v) is 5.24. The number of aromatic nitrogens is 2. The van der Waals surface area contributed by atoms with Crippen LogP contribution < -0.4 is 5.73 Å². The summed E-state index contributed by atoms with van der Waals surface area (Å²) in [5.74, 6) is -0.436. The second kappa shape index (κ2) is 6.62. The Labute approximate surface area is 133 Å². The van der Waals surface area contributed by atoms with E-state index in [1.54, 1.807) is 32.9 Å². The third kappa shape index (κ3) is 3.28. The van der Waals surface area contributed by atoms with Crippen molar-refractivity contribution in [2.45, 2.75) is 26.8 Å². The standard InChI is InChI=1S/C15H17ClN4O2/c1-9-13(16)10(2)20(18-9)11(3)15(21)22-19-14(17)12-7-5-4-6-8-12/h4-8,11H,1-3H3,(H2,17,19). The maximum absolute atomic E-state index is 12.1. The number of hydrogen-bond acceptors (Lipinski definition) is 4. The number of halogens is 1. The highest BCUT2D eigenvalue weighted by molar-refractivity contribution is 6.31. The van der Waals surface area contributed by atoms with Gasteiger partial charge in [0.05, 0.1) is 16.4 Å². The van der Waals surface area contributed by atoms with Gasteiger partial charge in [-0.1, -0.05) is 47.1 Å². The van der Waals surface area contributed by atoms with E-state index in [1.807, 2.05) is 18.2 Å². The van der Waals surface area contributed by atoms with Crippen LogP contribution >= 0.6 is 11.6 Å². The van der Waals surface area contributed by atoms with Crippen molar-refractivity contribution < 1.29 is 9.63 Å². The van der Waals surface area contributed by atoms with Crippen LogP contribution in [0.5, 0.6) is 0 Å². The molecule has 0 bridgehead atoms. The van der Waals surface area contributed by atoms with Gasteiger partial charge in [0.15, 0.2) is 5.84 Å². The van der Waals surface area contributed by atoms with Crippen LogP contribution in [-0.4, -0.2) is 21.6 Å². The molecule has 0 saturated carbocycles. The first-order chi connectivity index (χ1) is 10.4. The minimum absolute atomic E-state index is 0.132. The molecule has 0 aliphatic rings. The molecule has 0 aliphatic carbocycles. The Hall–Kier alpha value is -2.34. The zero-order valence-corrected chi connectivity index (χ0v) is 13.3. The molecule has 0 aliphatic heterocycles. The van der Waals surface area contributed by atoms with Crippen molar-refractivity contribution in [3.05, 3.63) is 52.3 Å². The summed E-state index contributed by atoms with van der Waals surface area (Å²) in [6.07, 6.45) is 0. The number of benzene rings is 1. The number of carbonyl (C=O) groups is 1. The summed E-state index contributed by atoms with van der Waals surface area (Å²) in [6.45, 7) is 5.22. The number of oxime groups is 1. The lowest BCUT2D eigenvalue weighted by Crippen LogP contribution is -2.22. The summed E-state index contributed by atoms with van der Waals surface area (Å²) < 4.78 is 1.51. The van der Waals surface area contributed by atoms with E-state index < -0.39 is 12.0 Å². The Bertz CT molecular complexity index is 710. The normalized spacial score (nSPS) is 13.0. The van der Waals surface area contributed by atoms with E-state index in [-0.39, 0.29) is 5.84 Å². The summed E-state index contributed by atoms with van der Waals surface area (Å²) in [6, 6.07) is 8.39. The molecule has 22 heavy (non-hydrogen) atoms. The van der Waals surface area contributed by atoms with Crippen molar-refractivity contribution in [2.24, 2.45) is 10.9 Å². The molecule has 0 amide bonds. The fourth-order valence-corrected chi connectivity index (χ4v) is 2.08. The molecule has 0 saturated heterocycles. The first-order valence-corrected chi connectivity index (χ1v) is 7.10. The van der Waals surface area contributed by atoms with Crippen LogP contribution in [0.2, 0.25) is 5.02 Å². The van der Waals surface area contributed by atoms with Gasteiger partial charge >= 0.3 is 5.97 Å². The number of aryl methyl sites for hydroxylation is 1. The van der Waals surface area contributed by atoms with Gasteiger partial charge in [0.1, 0.15) is 6.04 Å². The summed E-state index contributed by atoms with van der Waals surface area (Å²) in [4.78, 5) is 17.0. The molecule has 0 fully saturated rings. The van der Waals surface area contributed by atoms with Crippen LogP contribution in [0.15, 0.2) is 35.5 Å². The molecule has 1 aromatic carbocycles. The number of carbonyl (C=O) groups excluding carboxylic acids is 1. The molecule has 2 N–H and O–H groups in total. The van der Waals surface area contributed by atoms with Gasteiger partial charge in [-0.2, -0.15) is 5.10 Å². The van der Waals surface area contributed by atoms with Gasteiger partial charge in [-0.25, -0.2) is 4.79 Å². The largest absolute Gasteiger partial charge is 0.380 e. The van der Waals surface area contributed by atoms with E-state index in [1.165, 1.54) is 4.68 Å². The molecule has 0 spiro atoms. The van der Waals surface area contributed by atoms with Crippen LogP contribution in [0, 0.1) is 13.8 Å². The molecule has 1 aromatic heterocycles.